The fraction of sp³-hybridized carbons (Fsp3) is 0.556. The van der Waals surface area contributed by atoms with E-state index in [1.807, 2.05) is 29.2 Å². The van der Waals surface area contributed by atoms with Crippen LogP contribution in [0, 0.1) is 11.8 Å². The number of benzene rings is 1. The van der Waals surface area contributed by atoms with E-state index in [-0.39, 0.29) is 23.8 Å². The van der Waals surface area contributed by atoms with E-state index in [9.17, 15) is 9.59 Å². The maximum atomic E-state index is 12.6. The molecule has 1 aromatic carbocycles. The zero-order chi connectivity index (χ0) is 17.1. The van der Waals surface area contributed by atoms with Gasteiger partial charge in [-0.1, -0.05) is 22.0 Å². The van der Waals surface area contributed by atoms with Crippen LogP contribution < -0.4 is 4.74 Å². The van der Waals surface area contributed by atoms with Gasteiger partial charge in [0, 0.05) is 36.3 Å². The highest BCUT2D eigenvalue weighted by atomic mass is 79.9. The fourth-order valence-electron chi connectivity index (χ4n) is 3.62. The fourth-order valence-corrected chi connectivity index (χ4v) is 3.99. The number of amides is 1. The van der Waals surface area contributed by atoms with Crippen LogP contribution in [-0.2, 0) is 9.59 Å². The first-order valence-electron chi connectivity index (χ1n) is 8.46. The molecule has 24 heavy (non-hydrogen) atoms. The first-order valence-corrected chi connectivity index (χ1v) is 9.26. The van der Waals surface area contributed by atoms with Gasteiger partial charge in [0.15, 0.2) is 0 Å². The number of carbonyl (C=O) groups is 2. The first kappa shape index (κ1) is 17.3. The Balaban J connectivity index is 1.48. The smallest absolute Gasteiger partial charge is 0.306 e. The quantitative estimate of drug-likeness (QED) is 0.848. The van der Waals surface area contributed by atoms with Crippen LogP contribution in [0.2, 0.25) is 0 Å². The van der Waals surface area contributed by atoms with Gasteiger partial charge in [0.05, 0.1) is 5.92 Å². The largest absolute Gasteiger partial charge is 0.490 e. The van der Waals surface area contributed by atoms with Crippen molar-refractivity contribution in [2.45, 2.75) is 38.2 Å². The summed E-state index contributed by atoms with van der Waals surface area (Å²) in [6.07, 6.45) is 3.56. The summed E-state index contributed by atoms with van der Waals surface area (Å²) in [5.41, 5.74) is 0. The van der Waals surface area contributed by atoms with Crippen molar-refractivity contribution >= 4 is 27.8 Å². The van der Waals surface area contributed by atoms with Crippen LogP contribution in [0.1, 0.15) is 32.1 Å². The summed E-state index contributed by atoms with van der Waals surface area (Å²) in [5, 5.41) is 9.07. The number of rotatable bonds is 4. The van der Waals surface area contributed by atoms with Gasteiger partial charge in [-0.05, 0) is 37.5 Å². The molecule has 0 aromatic heterocycles. The van der Waals surface area contributed by atoms with E-state index in [0.29, 0.717) is 32.4 Å². The highest BCUT2D eigenvalue weighted by Crippen LogP contribution is 2.33. The summed E-state index contributed by atoms with van der Waals surface area (Å²) < 4.78 is 6.98. The summed E-state index contributed by atoms with van der Waals surface area (Å²) in [4.78, 5) is 25.5. The van der Waals surface area contributed by atoms with Gasteiger partial charge < -0.3 is 14.7 Å². The van der Waals surface area contributed by atoms with Gasteiger partial charge >= 0.3 is 5.97 Å². The number of carboxylic acid groups (broad SMARTS) is 1. The summed E-state index contributed by atoms with van der Waals surface area (Å²) in [6, 6.07) is 7.78. The van der Waals surface area contributed by atoms with Crippen molar-refractivity contribution in [3.8, 4) is 5.75 Å². The summed E-state index contributed by atoms with van der Waals surface area (Å²) in [6.45, 7) is 1.37. The topological polar surface area (TPSA) is 66.8 Å². The van der Waals surface area contributed by atoms with Gasteiger partial charge in [0.1, 0.15) is 11.9 Å². The Kier molecular flexibility index (Phi) is 5.43. The lowest BCUT2D eigenvalue weighted by molar-refractivity contribution is -0.141. The van der Waals surface area contributed by atoms with E-state index < -0.39 is 5.97 Å². The van der Waals surface area contributed by atoms with Gasteiger partial charge in [0.2, 0.25) is 5.91 Å². The minimum Gasteiger partial charge on any atom is -0.490 e. The van der Waals surface area contributed by atoms with Crippen LogP contribution in [0.3, 0.4) is 0 Å². The molecule has 1 heterocycles. The highest BCUT2D eigenvalue weighted by Gasteiger charge is 2.36. The van der Waals surface area contributed by atoms with Crippen LogP contribution in [0.25, 0.3) is 0 Å². The number of ether oxygens (including phenoxy) is 1. The van der Waals surface area contributed by atoms with Crippen molar-refractivity contribution in [3.05, 3.63) is 28.7 Å². The predicted octanol–water partition coefficient (Wildman–Crippen LogP) is 3.32. The van der Waals surface area contributed by atoms with Crippen LogP contribution in [0.4, 0.5) is 0 Å². The Morgan fingerprint density at radius 3 is 2.46 bits per heavy atom. The molecule has 1 aliphatic carbocycles. The molecule has 1 amide bonds. The maximum absolute atomic E-state index is 12.6. The average molecular weight is 396 g/mol. The molecule has 1 saturated carbocycles. The molecule has 6 heteroatoms. The molecule has 2 aliphatic rings. The SMILES string of the molecule is O=C(O)[C@@H]1CC[C@H](C(=O)N2CCC(Oc3cccc(Br)c3)CC2)C1. The van der Waals surface area contributed by atoms with Crippen LogP contribution in [-0.4, -0.2) is 41.1 Å². The van der Waals surface area contributed by atoms with E-state index in [4.69, 9.17) is 9.84 Å². The standard InChI is InChI=1S/C18H22BrNO4/c19-14-2-1-3-16(11-14)24-15-6-8-20(9-7-15)17(21)12-4-5-13(10-12)18(22)23/h1-3,11-13,15H,4-10H2,(H,22,23)/t12-,13+/m0/s1. The van der Waals surface area contributed by atoms with Gasteiger partial charge in [-0.25, -0.2) is 0 Å². The summed E-state index contributed by atoms with van der Waals surface area (Å²) in [7, 11) is 0. The van der Waals surface area contributed by atoms with E-state index in [2.05, 4.69) is 15.9 Å². The molecule has 0 bridgehead atoms. The molecule has 2 atom stereocenters. The highest BCUT2D eigenvalue weighted by molar-refractivity contribution is 9.10. The minimum atomic E-state index is -0.772. The van der Waals surface area contributed by atoms with Crippen molar-refractivity contribution in [1.29, 1.82) is 0 Å². The summed E-state index contributed by atoms with van der Waals surface area (Å²) in [5.74, 6) is -0.273. The third-order valence-electron chi connectivity index (χ3n) is 4.98. The number of halogens is 1. The lowest BCUT2D eigenvalue weighted by Crippen LogP contribution is -2.44. The number of carbonyl (C=O) groups excluding carboxylic acids is 1. The average Bonchev–Trinajstić information content (AvgIpc) is 3.05. The Bertz CT molecular complexity index is 613. The lowest BCUT2D eigenvalue weighted by atomic mass is 10.0. The predicted molar refractivity (Wildman–Crippen MR) is 92.8 cm³/mol. The molecule has 0 spiro atoms. The van der Waals surface area contributed by atoms with Gasteiger partial charge in [0.25, 0.3) is 0 Å². The number of aliphatic carboxylic acids is 1. The van der Waals surface area contributed by atoms with Crippen molar-refractivity contribution in [1.82, 2.24) is 4.90 Å². The number of hydrogen-bond acceptors (Lipinski definition) is 3. The van der Waals surface area contributed by atoms with Crippen molar-refractivity contribution in [3.63, 3.8) is 0 Å². The maximum Gasteiger partial charge on any atom is 0.306 e. The Labute approximate surface area is 150 Å². The molecule has 1 N–H and O–H groups in total. The molecule has 2 fully saturated rings. The third-order valence-corrected chi connectivity index (χ3v) is 5.48. The number of nitrogens with zero attached hydrogens (tertiary/aromatic N) is 1. The van der Waals surface area contributed by atoms with E-state index in [0.717, 1.165) is 23.1 Å². The van der Waals surface area contributed by atoms with Crippen LogP contribution >= 0.6 is 15.9 Å². The van der Waals surface area contributed by atoms with Crippen LogP contribution in [0.5, 0.6) is 5.75 Å². The number of piperidine rings is 1. The second-order valence-electron chi connectivity index (χ2n) is 6.65. The second kappa shape index (κ2) is 7.55. The third kappa shape index (κ3) is 4.09. The molecular formula is C18H22BrNO4. The zero-order valence-electron chi connectivity index (χ0n) is 13.5. The Morgan fingerprint density at radius 2 is 1.83 bits per heavy atom. The molecule has 0 unspecified atom stereocenters. The monoisotopic (exact) mass is 395 g/mol. The van der Waals surface area contributed by atoms with E-state index in [1.165, 1.54) is 0 Å². The molecule has 1 aliphatic heterocycles. The van der Waals surface area contributed by atoms with Crippen molar-refractivity contribution in [2.75, 3.05) is 13.1 Å². The zero-order valence-corrected chi connectivity index (χ0v) is 15.1. The molecule has 1 aromatic rings. The van der Waals surface area contributed by atoms with Gasteiger partial charge in [-0.15, -0.1) is 0 Å². The molecule has 3 rings (SSSR count). The van der Waals surface area contributed by atoms with Crippen LogP contribution in [0.15, 0.2) is 28.7 Å². The molecule has 1 saturated heterocycles. The number of carboxylic acids is 1. The van der Waals surface area contributed by atoms with E-state index in [1.54, 1.807) is 0 Å². The molecule has 5 nitrogen and oxygen atoms in total. The Hall–Kier alpha value is -1.56. The molecular weight excluding hydrogens is 374 g/mol. The van der Waals surface area contributed by atoms with Gasteiger partial charge in [-0.3, -0.25) is 9.59 Å². The molecule has 130 valence electrons. The van der Waals surface area contributed by atoms with Gasteiger partial charge in [-0.2, -0.15) is 0 Å². The normalized spacial score (nSPS) is 24.8. The minimum absolute atomic E-state index is 0.117. The Morgan fingerprint density at radius 1 is 1.12 bits per heavy atom. The second-order valence-corrected chi connectivity index (χ2v) is 7.56. The summed E-state index contributed by atoms with van der Waals surface area (Å²) >= 11 is 3.43. The number of hydrogen-bond donors (Lipinski definition) is 1. The molecule has 0 radical (unpaired) electrons. The van der Waals surface area contributed by atoms with Crippen molar-refractivity contribution < 1.29 is 19.4 Å². The lowest BCUT2D eigenvalue weighted by Gasteiger charge is -2.33. The van der Waals surface area contributed by atoms with E-state index >= 15 is 0 Å². The number of likely N-dealkylation sites (tertiary alicyclic amines) is 1. The first-order chi connectivity index (χ1) is 11.5. The van der Waals surface area contributed by atoms with Crippen molar-refractivity contribution in [2.24, 2.45) is 11.8 Å².